The maximum Gasteiger partial charge on any atom is 0.354 e. The highest BCUT2D eigenvalue weighted by atomic mass is 32.1. The van der Waals surface area contributed by atoms with Crippen LogP contribution in [0.5, 0.6) is 0 Å². The number of hydrogen-bond acceptors (Lipinski definition) is 9. The molecule has 10 nitrogen and oxygen atoms in total. The number of hydrogen-bond donors (Lipinski definition) is 1. The summed E-state index contributed by atoms with van der Waals surface area (Å²) in [5.74, 6) is -0.229. The largest absolute Gasteiger partial charge is 0.462 e. The summed E-state index contributed by atoms with van der Waals surface area (Å²) in [6, 6.07) is 1.75. The zero-order chi connectivity index (χ0) is 25.3. The monoisotopic (exact) mass is 504 g/mol. The second kappa shape index (κ2) is 12.9. The van der Waals surface area contributed by atoms with E-state index in [1.807, 2.05) is 13.8 Å². The highest BCUT2D eigenvalue weighted by molar-refractivity contribution is 7.18. The maximum atomic E-state index is 11.5. The van der Waals surface area contributed by atoms with Crippen LogP contribution in [0.25, 0.3) is 26.9 Å². The number of aromatic nitrogens is 3. The van der Waals surface area contributed by atoms with E-state index in [1.165, 1.54) is 17.4 Å². The number of nitrogens with zero attached hydrogens (tertiary/aromatic N) is 5. The molecule has 3 heterocycles. The number of ether oxygens (including phenoxy) is 2. The fourth-order valence-corrected chi connectivity index (χ4v) is 4.30. The molecule has 3 rings (SSSR count). The Balaban J connectivity index is 0.000000241. The summed E-state index contributed by atoms with van der Waals surface area (Å²) in [7, 11) is 0. The third kappa shape index (κ3) is 7.41. The van der Waals surface area contributed by atoms with Crippen molar-refractivity contribution >= 4 is 51.0 Å². The van der Waals surface area contributed by atoms with E-state index < -0.39 is 5.97 Å². The van der Waals surface area contributed by atoms with E-state index in [9.17, 15) is 9.59 Å². The smallest absolute Gasteiger partial charge is 0.354 e. The second-order valence-corrected chi connectivity index (χ2v) is 9.45. The quantitative estimate of drug-likeness (QED) is 0.123. The Kier molecular flexibility index (Phi) is 10.2. The molecule has 0 saturated heterocycles. The van der Waals surface area contributed by atoms with Crippen LogP contribution in [0.2, 0.25) is 0 Å². The van der Waals surface area contributed by atoms with Gasteiger partial charge in [-0.25, -0.2) is 19.6 Å². The van der Waals surface area contributed by atoms with Crippen LogP contribution >= 0.6 is 22.7 Å². The lowest BCUT2D eigenvalue weighted by Gasteiger charge is -2.00. The van der Waals surface area contributed by atoms with Crippen LogP contribution in [0.4, 0.5) is 0 Å². The Morgan fingerprint density at radius 2 is 1.82 bits per heavy atom. The van der Waals surface area contributed by atoms with Gasteiger partial charge < -0.3 is 14.5 Å². The van der Waals surface area contributed by atoms with E-state index in [0.29, 0.717) is 29.8 Å². The van der Waals surface area contributed by atoms with Gasteiger partial charge in [0.1, 0.15) is 21.7 Å². The van der Waals surface area contributed by atoms with Crippen LogP contribution in [0, 0.1) is 0 Å². The Hall–Kier alpha value is -3.21. The average Bonchev–Trinajstić information content (AvgIpc) is 3.49. The number of azide groups is 1. The summed E-state index contributed by atoms with van der Waals surface area (Å²) < 4.78 is 9.70. The van der Waals surface area contributed by atoms with Gasteiger partial charge in [0.15, 0.2) is 0 Å². The second-order valence-electron chi connectivity index (χ2n) is 7.53. The fraction of sp³-hybridized carbons (Fsp3) is 0.455. The molecule has 0 aliphatic carbocycles. The molecule has 0 amide bonds. The Morgan fingerprint density at radius 1 is 1.15 bits per heavy atom. The number of fused-ring (bicyclic) bond motifs is 1. The van der Waals surface area contributed by atoms with Crippen LogP contribution in [0.3, 0.4) is 0 Å². The Labute approximate surface area is 205 Å². The zero-order valence-corrected chi connectivity index (χ0v) is 21.6. The van der Waals surface area contributed by atoms with E-state index in [4.69, 9.17) is 15.0 Å². The highest BCUT2D eigenvalue weighted by Crippen LogP contribution is 2.27. The zero-order valence-electron chi connectivity index (χ0n) is 20.0. The third-order valence-electron chi connectivity index (χ3n) is 4.14. The number of nitrogens with one attached hydrogen (secondary N) is 1. The van der Waals surface area contributed by atoms with Crippen molar-refractivity contribution in [2.75, 3.05) is 13.2 Å². The van der Waals surface area contributed by atoms with Crippen LogP contribution in [0.1, 0.15) is 79.6 Å². The molecule has 12 heteroatoms. The number of carbonyl (C=O) groups is 2. The summed E-state index contributed by atoms with van der Waals surface area (Å²) in [5, 5.41) is 7.17. The van der Waals surface area contributed by atoms with Gasteiger partial charge in [0, 0.05) is 22.1 Å². The molecule has 0 bridgehead atoms. The lowest BCUT2D eigenvalue weighted by molar-refractivity contribution is -0.138. The molecule has 0 aliphatic heterocycles. The number of esters is 2. The van der Waals surface area contributed by atoms with E-state index in [1.54, 1.807) is 36.6 Å². The van der Waals surface area contributed by atoms with E-state index in [0.717, 1.165) is 20.4 Å². The summed E-state index contributed by atoms with van der Waals surface area (Å²) in [6.07, 6.45) is 1.43. The topological polar surface area (TPSA) is 143 Å². The van der Waals surface area contributed by atoms with Gasteiger partial charge in [0.05, 0.1) is 28.9 Å². The van der Waals surface area contributed by atoms with Crippen molar-refractivity contribution in [3.8, 4) is 0 Å². The van der Waals surface area contributed by atoms with Gasteiger partial charge >= 0.3 is 11.9 Å². The first-order valence-electron chi connectivity index (χ1n) is 10.8. The summed E-state index contributed by atoms with van der Waals surface area (Å²) >= 11 is 3.09. The molecule has 3 aromatic rings. The summed E-state index contributed by atoms with van der Waals surface area (Å²) in [5.41, 5.74) is 10.3. The Morgan fingerprint density at radius 3 is 2.35 bits per heavy atom. The normalized spacial score (nSPS) is 11.2. The number of rotatable bonds is 8. The van der Waals surface area contributed by atoms with Gasteiger partial charge in [-0.15, -0.1) is 22.7 Å². The molecule has 0 aliphatic rings. The number of H-pyrrole nitrogens is 1. The summed E-state index contributed by atoms with van der Waals surface area (Å²) in [6.45, 7) is 12.4. The van der Waals surface area contributed by atoms with Crippen LogP contribution in [-0.4, -0.2) is 40.1 Å². The number of aromatic amines is 1. The molecule has 0 unspecified atom stereocenters. The van der Waals surface area contributed by atoms with Crippen LogP contribution < -0.4 is 0 Å². The minimum Gasteiger partial charge on any atom is -0.462 e. The lowest BCUT2D eigenvalue weighted by atomic mass is 10.2. The van der Waals surface area contributed by atoms with Gasteiger partial charge in [-0.1, -0.05) is 32.8 Å². The first-order valence-corrected chi connectivity index (χ1v) is 12.5. The first kappa shape index (κ1) is 27.0. The van der Waals surface area contributed by atoms with Crippen molar-refractivity contribution in [2.24, 2.45) is 5.11 Å². The van der Waals surface area contributed by atoms with Crippen LogP contribution in [-0.2, 0) is 14.3 Å². The van der Waals surface area contributed by atoms with E-state index in [-0.39, 0.29) is 18.3 Å². The van der Waals surface area contributed by atoms with Gasteiger partial charge in [-0.3, -0.25) is 0 Å². The molecule has 3 aromatic heterocycles. The molecule has 34 heavy (non-hydrogen) atoms. The molecule has 0 saturated carbocycles. The van der Waals surface area contributed by atoms with Crippen molar-refractivity contribution in [3.63, 3.8) is 0 Å². The summed E-state index contributed by atoms with van der Waals surface area (Å²) in [4.78, 5) is 38.3. The van der Waals surface area contributed by atoms with Crippen molar-refractivity contribution in [1.82, 2.24) is 15.0 Å². The van der Waals surface area contributed by atoms with E-state index >= 15 is 0 Å². The van der Waals surface area contributed by atoms with Gasteiger partial charge in [-0.05, 0) is 31.5 Å². The van der Waals surface area contributed by atoms with E-state index in [2.05, 4.69) is 38.8 Å². The molecule has 182 valence electrons. The van der Waals surface area contributed by atoms with Gasteiger partial charge in [0.25, 0.3) is 0 Å². The minimum atomic E-state index is -0.644. The predicted octanol–water partition coefficient (Wildman–Crippen LogP) is 6.41. The lowest BCUT2D eigenvalue weighted by Crippen LogP contribution is -2.05. The van der Waals surface area contributed by atoms with Crippen molar-refractivity contribution < 1.29 is 19.1 Å². The maximum absolute atomic E-state index is 11.5. The molecule has 1 N–H and O–H groups in total. The molecule has 0 radical (unpaired) electrons. The predicted molar refractivity (Wildman–Crippen MR) is 134 cm³/mol. The third-order valence-corrected chi connectivity index (χ3v) is 6.59. The molecular formula is C22H28N6O4S2. The standard InChI is InChI=1S/C11H14N4O2S.C11H14N2O2S/c1-4-17-11(16)9(14-15-12)5-8-6-18-10(13-8)7(2)3;1-4-15-11(14)8-5-7-10(13-8)16-9(12-7)6(2)3/h5-7H,4H2,1-3H3;5-6,13H,4H2,1-3H3/b9-5-;. The first-order chi connectivity index (χ1) is 16.2. The molecule has 0 fully saturated rings. The molecular weight excluding hydrogens is 476 g/mol. The molecule has 0 aromatic carbocycles. The molecule has 0 spiro atoms. The molecule has 0 atom stereocenters. The fourth-order valence-electron chi connectivity index (χ4n) is 2.55. The highest BCUT2D eigenvalue weighted by Gasteiger charge is 2.15. The van der Waals surface area contributed by atoms with Crippen molar-refractivity contribution in [1.29, 1.82) is 0 Å². The number of thiazole rings is 2. The SMILES string of the molecule is CCOC(=O)/C(=C/c1csc(C(C)C)n1)N=[N+]=[N-].CCOC(=O)c1cc2nc(C(C)C)sc2[nH]1. The van der Waals surface area contributed by atoms with Crippen molar-refractivity contribution in [2.45, 2.75) is 53.4 Å². The Bertz CT molecular complexity index is 1170. The average molecular weight is 505 g/mol. The van der Waals surface area contributed by atoms with Crippen LogP contribution in [0.15, 0.2) is 22.3 Å². The van der Waals surface area contributed by atoms with Gasteiger partial charge in [-0.2, -0.15) is 0 Å². The minimum absolute atomic E-state index is 0.0834. The van der Waals surface area contributed by atoms with Crippen molar-refractivity contribution in [3.05, 3.63) is 49.0 Å². The van der Waals surface area contributed by atoms with Gasteiger partial charge in [0.2, 0.25) is 0 Å². The number of carbonyl (C=O) groups excluding carboxylic acids is 2.